The van der Waals surface area contributed by atoms with E-state index in [1.54, 1.807) is 19.2 Å². The molecule has 0 bridgehead atoms. The molecule has 0 radical (unpaired) electrons. The molecule has 2 aliphatic rings. The van der Waals surface area contributed by atoms with Gasteiger partial charge in [-0.3, -0.25) is 4.99 Å². The predicted molar refractivity (Wildman–Crippen MR) is 106 cm³/mol. The normalized spacial score (nSPS) is 19.1. The van der Waals surface area contributed by atoms with Gasteiger partial charge in [-0.2, -0.15) is 13.2 Å². The van der Waals surface area contributed by atoms with Crippen LogP contribution in [0.3, 0.4) is 0 Å². The summed E-state index contributed by atoms with van der Waals surface area (Å²) in [5.74, 6) is 1.08. The third-order valence-corrected chi connectivity index (χ3v) is 5.12. The molecule has 1 saturated carbocycles. The summed E-state index contributed by atoms with van der Waals surface area (Å²) in [4.78, 5) is 6.63. The zero-order valence-corrected chi connectivity index (χ0v) is 17.1. The number of rotatable bonds is 4. The lowest BCUT2D eigenvalue weighted by Gasteiger charge is -2.38. The molecule has 146 valence electrons. The Morgan fingerprint density at radius 2 is 2.08 bits per heavy atom. The van der Waals surface area contributed by atoms with Gasteiger partial charge in [-0.25, -0.2) is 0 Å². The molecule has 1 spiro atoms. The Balaban J connectivity index is 0.00000243. The second-order valence-electron chi connectivity index (χ2n) is 6.98. The minimum absolute atomic E-state index is 0. The zero-order chi connectivity index (χ0) is 17.9. The minimum Gasteiger partial charge on any atom is -0.484 e. The maximum Gasteiger partial charge on any atom is 0.422 e. The molecular weight excluding hydrogens is 458 g/mol. The van der Waals surface area contributed by atoms with Crippen LogP contribution in [0, 0.1) is 5.41 Å². The summed E-state index contributed by atoms with van der Waals surface area (Å²) in [5, 5.41) is 3.31. The highest BCUT2D eigenvalue weighted by molar-refractivity contribution is 14.0. The van der Waals surface area contributed by atoms with E-state index in [9.17, 15) is 13.2 Å². The van der Waals surface area contributed by atoms with E-state index in [0.29, 0.717) is 12.0 Å². The van der Waals surface area contributed by atoms with Crippen molar-refractivity contribution in [2.45, 2.75) is 38.4 Å². The van der Waals surface area contributed by atoms with Crippen LogP contribution >= 0.6 is 24.0 Å². The van der Waals surface area contributed by atoms with E-state index in [2.05, 4.69) is 15.2 Å². The molecule has 1 aromatic carbocycles. The quantitative estimate of drug-likeness (QED) is 0.397. The molecule has 1 saturated heterocycles. The number of halogens is 4. The molecule has 0 aromatic heterocycles. The lowest BCUT2D eigenvalue weighted by molar-refractivity contribution is -0.153. The smallest absolute Gasteiger partial charge is 0.422 e. The topological polar surface area (TPSA) is 36.9 Å². The molecule has 1 heterocycles. The van der Waals surface area contributed by atoms with Crippen LogP contribution in [-0.2, 0) is 6.54 Å². The molecule has 2 fully saturated rings. The number of aliphatic imine (C=N–C) groups is 1. The maximum absolute atomic E-state index is 12.3. The first-order chi connectivity index (χ1) is 11.9. The first-order valence-electron chi connectivity index (χ1n) is 8.63. The fourth-order valence-corrected chi connectivity index (χ4v) is 3.62. The number of nitrogens with zero attached hydrogens (tertiary/aromatic N) is 2. The second-order valence-corrected chi connectivity index (χ2v) is 6.98. The number of guanidine groups is 1. The highest BCUT2D eigenvalue weighted by Gasteiger charge is 2.43. The van der Waals surface area contributed by atoms with Gasteiger partial charge in [-0.05, 0) is 42.4 Å². The van der Waals surface area contributed by atoms with E-state index >= 15 is 0 Å². The Hall–Kier alpha value is -1.19. The Kier molecular flexibility index (Phi) is 7.04. The van der Waals surface area contributed by atoms with Crippen molar-refractivity contribution in [3.05, 3.63) is 29.8 Å². The van der Waals surface area contributed by atoms with E-state index < -0.39 is 12.8 Å². The van der Waals surface area contributed by atoms with Crippen LogP contribution in [-0.4, -0.2) is 43.8 Å². The number of nitrogens with one attached hydrogen (secondary N) is 1. The minimum atomic E-state index is -4.33. The van der Waals surface area contributed by atoms with Gasteiger partial charge in [0.2, 0.25) is 0 Å². The van der Waals surface area contributed by atoms with Gasteiger partial charge in [0.25, 0.3) is 0 Å². The summed E-state index contributed by atoms with van der Waals surface area (Å²) in [7, 11) is 1.76. The molecule has 3 rings (SSSR count). The van der Waals surface area contributed by atoms with Crippen LogP contribution in [0.25, 0.3) is 0 Å². The van der Waals surface area contributed by atoms with E-state index in [-0.39, 0.29) is 29.7 Å². The van der Waals surface area contributed by atoms with Crippen molar-refractivity contribution in [3.63, 3.8) is 0 Å². The Labute approximate surface area is 169 Å². The first-order valence-corrected chi connectivity index (χ1v) is 8.63. The molecule has 8 heteroatoms. The zero-order valence-electron chi connectivity index (χ0n) is 14.8. The Morgan fingerprint density at radius 1 is 1.31 bits per heavy atom. The van der Waals surface area contributed by atoms with Crippen molar-refractivity contribution in [3.8, 4) is 5.75 Å². The van der Waals surface area contributed by atoms with E-state index in [4.69, 9.17) is 4.74 Å². The van der Waals surface area contributed by atoms with Crippen LogP contribution in [0.4, 0.5) is 13.2 Å². The third kappa shape index (κ3) is 5.40. The summed E-state index contributed by atoms with van der Waals surface area (Å²) in [5.41, 5.74) is 1.35. The van der Waals surface area contributed by atoms with E-state index in [1.165, 1.54) is 31.7 Å². The monoisotopic (exact) mass is 483 g/mol. The van der Waals surface area contributed by atoms with Crippen molar-refractivity contribution in [2.75, 3.05) is 26.7 Å². The van der Waals surface area contributed by atoms with Crippen molar-refractivity contribution in [2.24, 2.45) is 10.4 Å². The van der Waals surface area contributed by atoms with Gasteiger partial charge in [0.1, 0.15) is 5.75 Å². The molecule has 1 aromatic rings. The van der Waals surface area contributed by atoms with Gasteiger partial charge in [-0.1, -0.05) is 18.6 Å². The van der Waals surface area contributed by atoms with Crippen molar-refractivity contribution in [1.82, 2.24) is 10.2 Å². The summed E-state index contributed by atoms with van der Waals surface area (Å²) < 4.78 is 41.6. The van der Waals surface area contributed by atoms with Gasteiger partial charge in [0.05, 0.1) is 0 Å². The number of hydrogen-bond donors (Lipinski definition) is 1. The summed E-state index contributed by atoms with van der Waals surface area (Å²) in [6.07, 6.45) is 0.820. The second kappa shape index (κ2) is 8.67. The SMILES string of the molecule is CN=C(NCc1cccc(OCC(F)(F)F)c1)N1CCC2(CCC2)C1.I. The standard InChI is InChI=1S/C18H24F3N3O.HI/c1-22-16(24-9-8-17(12-24)6-3-7-17)23-11-14-4-2-5-15(10-14)25-13-18(19,20)21;/h2,4-5,10H,3,6-9,11-13H2,1H3,(H,22,23);1H. The molecule has 0 amide bonds. The van der Waals surface area contributed by atoms with Crippen LogP contribution in [0.15, 0.2) is 29.3 Å². The summed E-state index contributed by atoms with van der Waals surface area (Å²) in [6.45, 7) is 1.27. The summed E-state index contributed by atoms with van der Waals surface area (Å²) in [6, 6.07) is 6.72. The third-order valence-electron chi connectivity index (χ3n) is 5.12. The lowest BCUT2D eigenvalue weighted by atomic mass is 9.68. The number of hydrogen-bond acceptors (Lipinski definition) is 2. The van der Waals surface area contributed by atoms with Crippen molar-refractivity contribution >= 4 is 29.9 Å². The van der Waals surface area contributed by atoms with E-state index in [1.807, 2.05) is 6.07 Å². The molecule has 1 aliphatic carbocycles. The predicted octanol–water partition coefficient (Wildman–Crippen LogP) is 4.20. The van der Waals surface area contributed by atoms with Gasteiger partial charge in [0.15, 0.2) is 12.6 Å². The molecule has 0 atom stereocenters. The fraction of sp³-hybridized carbons (Fsp3) is 0.611. The number of benzene rings is 1. The van der Waals surface area contributed by atoms with Crippen molar-refractivity contribution in [1.29, 1.82) is 0 Å². The molecular formula is C18H25F3IN3O. The molecule has 4 nitrogen and oxygen atoms in total. The highest BCUT2D eigenvalue weighted by Crippen LogP contribution is 2.47. The van der Waals surface area contributed by atoms with Gasteiger partial charge in [-0.15, -0.1) is 24.0 Å². The van der Waals surface area contributed by atoms with Crippen molar-refractivity contribution < 1.29 is 17.9 Å². The maximum atomic E-state index is 12.3. The summed E-state index contributed by atoms with van der Waals surface area (Å²) >= 11 is 0. The number of alkyl halides is 3. The Bertz CT molecular complexity index is 632. The van der Waals surface area contributed by atoms with Crippen LogP contribution < -0.4 is 10.1 Å². The van der Waals surface area contributed by atoms with Crippen LogP contribution in [0.1, 0.15) is 31.2 Å². The van der Waals surface area contributed by atoms with Gasteiger partial charge in [0, 0.05) is 26.7 Å². The Morgan fingerprint density at radius 3 is 2.65 bits per heavy atom. The molecule has 26 heavy (non-hydrogen) atoms. The number of likely N-dealkylation sites (tertiary alicyclic amines) is 1. The van der Waals surface area contributed by atoms with Gasteiger partial charge >= 0.3 is 6.18 Å². The first kappa shape index (κ1) is 21.1. The van der Waals surface area contributed by atoms with Crippen LogP contribution in [0.2, 0.25) is 0 Å². The van der Waals surface area contributed by atoms with Crippen LogP contribution in [0.5, 0.6) is 5.75 Å². The molecule has 1 N–H and O–H groups in total. The van der Waals surface area contributed by atoms with E-state index in [0.717, 1.165) is 24.6 Å². The molecule has 0 unspecified atom stereocenters. The average molecular weight is 483 g/mol. The highest BCUT2D eigenvalue weighted by atomic mass is 127. The van der Waals surface area contributed by atoms with Gasteiger partial charge < -0.3 is 15.0 Å². The largest absolute Gasteiger partial charge is 0.484 e. The lowest BCUT2D eigenvalue weighted by Crippen LogP contribution is -2.42. The average Bonchev–Trinajstić information content (AvgIpc) is 2.99. The molecule has 1 aliphatic heterocycles. The number of ether oxygens (including phenoxy) is 1. The fourth-order valence-electron chi connectivity index (χ4n) is 3.62.